The number of benzene rings is 1. The summed E-state index contributed by atoms with van der Waals surface area (Å²) in [4.78, 5) is 0. The van der Waals surface area contributed by atoms with Gasteiger partial charge >= 0.3 is 6.11 Å². The van der Waals surface area contributed by atoms with Crippen molar-refractivity contribution in [2.75, 3.05) is 0 Å². The van der Waals surface area contributed by atoms with Crippen LogP contribution in [0.1, 0.15) is 71.1 Å². The molecule has 0 amide bonds. The van der Waals surface area contributed by atoms with Crippen LogP contribution in [-0.4, -0.2) is 12.5 Å². The normalized spacial score (nSPS) is 26.1. The van der Waals surface area contributed by atoms with Crippen molar-refractivity contribution in [3.63, 3.8) is 0 Å². The van der Waals surface area contributed by atoms with Gasteiger partial charge in [-0.15, -0.1) is 0 Å². The Labute approximate surface area is 203 Å². The fourth-order valence-electron chi connectivity index (χ4n) is 5.15. The van der Waals surface area contributed by atoms with Gasteiger partial charge in [0.1, 0.15) is 5.75 Å². The zero-order valence-electron chi connectivity index (χ0n) is 20.0. The van der Waals surface area contributed by atoms with Gasteiger partial charge in [0.05, 0.1) is 12.2 Å². The Morgan fingerprint density at radius 2 is 1.46 bits per heavy atom. The summed E-state index contributed by atoms with van der Waals surface area (Å²) in [6, 6.07) is 1.12. The predicted octanol–water partition coefficient (Wildman–Crippen LogP) is 9.06. The molecule has 0 atom stereocenters. The summed E-state index contributed by atoms with van der Waals surface area (Å²) in [5.41, 5.74) is 0. The molecule has 1 aromatic carbocycles. The lowest BCUT2D eigenvalue weighted by Gasteiger charge is -2.32. The van der Waals surface area contributed by atoms with E-state index in [1.165, 1.54) is 38.5 Å². The molecule has 0 N–H and O–H groups in total. The van der Waals surface area contributed by atoms with Gasteiger partial charge in [-0.05, 0) is 69.1 Å². The number of alkyl halides is 4. The van der Waals surface area contributed by atoms with Crippen LogP contribution in [0.4, 0.5) is 26.3 Å². The minimum absolute atomic E-state index is 0.246. The number of allylic oxidation sites excluding steroid dienone is 3. The number of hydrogen-bond donors (Lipinski definition) is 0. The van der Waals surface area contributed by atoms with Gasteiger partial charge in [-0.25, -0.2) is 17.6 Å². The lowest BCUT2D eigenvalue weighted by molar-refractivity contribution is -0.223. The summed E-state index contributed by atoms with van der Waals surface area (Å²) < 4.78 is 91.0. The van der Waals surface area contributed by atoms with E-state index in [1.54, 1.807) is 0 Å². The second-order valence-electron chi connectivity index (χ2n) is 9.73. The lowest BCUT2D eigenvalue weighted by atomic mass is 9.78. The third kappa shape index (κ3) is 8.21. The molecule has 3 rings (SSSR count). The largest absolute Gasteiger partial charge is 0.459 e. The monoisotopic (exact) mass is 504 g/mol. The minimum Gasteiger partial charge on any atom is -0.459 e. The molecular weight excluding hydrogens is 470 g/mol. The van der Waals surface area contributed by atoms with Crippen molar-refractivity contribution >= 4 is 0 Å². The summed E-state index contributed by atoms with van der Waals surface area (Å²) >= 11 is 0. The van der Waals surface area contributed by atoms with Gasteiger partial charge in [0.15, 0.2) is 17.4 Å². The molecule has 0 spiro atoms. The second-order valence-corrected chi connectivity index (χ2v) is 9.73. The van der Waals surface area contributed by atoms with Gasteiger partial charge in [0.25, 0.3) is 6.43 Å². The van der Waals surface area contributed by atoms with E-state index in [2.05, 4.69) is 23.8 Å². The van der Waals surface area contributed by atoms with Crippen molar-refractivity contribution in [1.82, 2.24) is 0 Å². The number of rotatable bonds is 10. The highest BCUT2D eigenvalue weighted by atomic mass is 19.3. The molecule has 2 saturated carbocycles. The van der Waals surface area contributed by atoms with E-state index in [4.69, 9.17) is 4.74 Å². The van der Waals surface area contributed by atoms with Crippen LogP contribution in [0.5, 0.6) is 11.5 Å². The number of halogens is 6. The molecule has 35 heavy (non-hydrogen) atoms. The molecule has 2 aliphatic rings. The average molecular weight is 505 g/mol. The summed E-state index contributed by atoms with van der Waals surface area (Å²) in [5, 5.41) is 0. The van der Waals surface area contributed by atoms with Crippen LogP contribution < -0.4 is 9.47 Å². The second kappa shape index (κ2) is 12.7. The first-order valence-corrected chi connectivity index (χ1v) is 12.5. The molecule has 2 fully saturated rings. The molecule has 2 nitrogen and oxygen atoms in total. The number of hydrogen-bond acceptors (Lipinski definition) is 2. The fraction of sp³-hybridized carbons (Fsp3) is 0.630. The molecule has 0 bridgehead atoms. The Balaban J connectivity index is 1.50. The SMILES string of the molecule is CCCC1CCC(/C=C/C2CCC(C(F)(F)Oc3cc(F)c(O/C=C/C(F)F)c(F)c3)CC2)CC1. The lowest BCUT2D eigenvalue weighted by Crippen LogP contribution is -2.37. The van der Waals surface area contributed by atoms with E-state index in [1.807, 2.05) is 0 Å². The Hall–Kier alpha value is -2.12. The molecule has 0 saturated heterocycles. The maximum atomic E-state index is 14.7. The van der Waals surface area contributed by atoms with E-state index in [-0.39, 0.29) is 18.8 Å². The van der Waals surface area contributed by atoms with E-state index in [9.17, 15) is 26.3 Å². The highest BCUT2D eigenvalue weighted by molar-refractivity contribution is 5.35. The van der Waals surface area contributed by atoms with Crippen molar-refractivity contribution in [3.05, 3.63) is 48.3 Å². The number of ether oxygens (including phenoxy) is 2. The van der Waals surface area contributed by atoms with Crippen molar-refractivity contribution < 1.29 is 35.8 Å². The standard InChI is InChI=1S/C27H34F6O2/c1-2-3-18-4-6-19(7-5-18)8-9-20-10-12-21(13-11-20)27(32,33)35-22-16-23(28)26(24(29)17-22)34-15-14-25(30)31/h8-9,14-21,25H,2-7,10-13H2,1H3/b9-8+,15-14+. The Morgan fingerprint density at radius 3 is 1.97 bits per heavy atom. The first-order chi connectivity index (χ1) is 16.7. The molecule has 0 aliphatic heterocycles. The maximum absolute atomic E-state index is 14.7. The third-order valence-corrected chi connectivity index (χ3v) is 7.13. The third-order valence-electron chi connectivity index (χ3n) is 7.13. The molecule has 0 unspecified atom stereocenters. The Bertz CT molecular complexity index is 830. The smallest absolute Gasteiger partial charge is 0.400 e. The quantitative estimate of drug-likeness (QED) is 0.180. The van der Waals surface area contributed by atoms with Crippen molar-refractivity contribution in [2.45, 2.75) is 83.7 Å². The predicted molar refractivity (Wildman–Crippen MR) is 123 cm³/mol. The zero-order valence-corrected chi connectivity index (χ0v) is 20.0. The van der Waals surface area contributed by atoms with Crippen LogP contribution >= 0.6 is 0 Å². The first-order valence-electron chi connectivity index (χ1n) is 12.5. The van der Waals surface area contributed by atoms with Crippen LogP contribution in [0.3, 0.4) is 0 Å². The van der Waals surface area contributed by atoms with E-state index < -0.39 is 41.6 Å². The summed E-state index contributed by atoms with van der Waals surface area (Å²) in [6.45, 7) is 2.22. The Morgan fingerprint density at radius 1 is 0.914 bits per heavy atom. The van der Waals surface area contributed by atoms with Crippen LogP contribution in [0.15, 0.2) is 36.6 Å². The van der Waals surface area contributed by atoms with Crippen LogP contribution in [0.25, 0.3) is 0 Å². The minimum atomic E-state index is -3.59. The van der Waals surface area contributed by atoms with Gasteiger partial charge in [-0.2, -0.15) is 8.78 Å². The van der Waals surface area contributed by atoms with Gasteiger partial charge in [0.2, 0.25) is 0 Å². The van der Waals surface area contributed by atoms with E-state index in [0.29, 0.717) is 43.2 Å². The zero-order chi connectivity index (χ0) is 25.4. The molecule has 196 valence electrons. The van der Waals surface area contributed by atoms with E-state index >= 15 is 0 Å². The molecule has 0 radical (unpaired) electrons. The first kappa shape index (κ1) is 27.5. The van der Waals surface area contributed by atoms with Gasteiger partial charge < -0.3 is 9.47 Å². The van der Waals surface area contributed by atoms with Gasteiger partial charge in [-0.3, -0.25) is 0 Å². The molecular formula is C27H34F6O2. The van der Waals surface area contributed by atoms with Crippen molar-refractivity contribution in [1.29, 1.82) is 0 Å². The maximum Gasteiger partial charge on any atom is 0.400 e. The van der Waals surface area contributed by atoms with Gasteiger partial charge in [-0.1, -0.05) is 31.9 Å². The molecule has 1 aromatic rings. The van der Waals surface area contributed by atoms with Crippen molar-refractivity contribution in [2.24, 2.45) is 23.7 Å². The summed E-state index contributed by atoms with van der Waals surface area (Å²) in [6.07, 6.45) is 7.89. The highest BCUT2D eigenvalue weighted by Gasteiger charge is 2.44. The van der Waals surface area contributed by atoms with Gasteiger partial charge in [0, 0.05) is 18.2 Å². The van der Waals surface area contributed by atoms with E-state index in [0.717, 1.165) is 5.92 Å². The van der Waals surface area contributed by atoms with Crippen molar-refractivity contribution in [3.8, 4) is 11.5 Å². The summed E-state index contributed by atoms with van der Waals surface area (Å²) in [5.74, 6) is -3.70. The topological polar surface area (TPSA) is 18.5 Å². The fourth-order valence-corrected chi connectivity index (χ4v) is 5.15. The van der Waals surface area contributed by atoms with Crippen LogP contribution in [-0.2, 0) is 0 Å². The molecule has 8 heteroatoms. The average Bonchev–Trinajstić information content (AvgIpc) is 2.80. The molecule has 2 aliphatic carbocycles. The highest BCUT2D eigenvalue weighted by Crippen LogP contribution is 2.41. The molecule has 0 heterocycles. The molecule has 0 aromatic heterocycles. The Kier molecular flexibility index (Phi) is 9.99. The summed E-state index contributed by atoms with van der Waals surface area (Å²) in [7, 11) is 0. The van der Waals surface area contributed by atoms with Crippen LogP contribution in [0.2, 0.25) is 0 Å². The van der Waals surface area contributed by atoms with Crippen LogP contribution in [0, 0.1) is 35.3 Å².